The minimum absolute atomic E-state index is 0.150. The smallest absolute Gasteiger partial charge is 0.261 e. The van der Waals surface area contributed by atoms with Crippen molar-refractivity contribution in [2.75, 3.05) is 6.61 Å². The van der Waals surface area contributed by atoms with Crippen molar-refractivity contribution in [3.63, 3.8) is 0 Å². The molecular weight excluding hydrogens is 371 g/mol. The fourth-order valence-corrected chi connectivity index (χ4v) is 3.51. The fourth-order valence-electron chi connectivity index (χ4n) is 3.51. The first-order chi connectivity index (χ1) is 14.0. The third kappa shape index (κ3) is 6.04. The van der Waals surface area contributed by atoms with Gasteiger partial charge < -0.3 is 15.0 Å². The second-order valence-electron chi connectivity index (χ2n) is 7.42. The molecule has 5 nitrogen and oxygen atoms in total. The Hall–Kier alpha value is -2.89. The molecule has 1 aliphatic carbocycles. The van der Waals surface area contributed by atoms with Crippen molar-refractivity contribution < 1.29 is 18.7 Å². The first kappa shape index (κ1) is 20.8. The molecule has 154 valence electrons. The van der Waals surface area contributed by atoms with E-state index in [-0.39, 0.29) is 30.3 Å². The van der Waals surface area contributed by atoms with Gasteiger partial charge in [0.25, 0.3) is 5.91 Å². The molecule has 2 aromatic carbocycles. The van der Waals surface area contributed by atoms with Crippen LogP contribution >= 0.6 is 0 Å². The number of rotatable bonds is 8. The van der Waals surface area contributed by atoms with Crippen LogP contribution in [0.5, 0.6) is 5.75 Å². The normalized spacial score (nSPS) is 15.0. The van der Waals surface area contributed by atoms with Gasteiger partial charge in [-0.25, -0.2) is 4.39 Å². The van der Waals surface area contributed by atoms with Gasteiger partial charge in [-0.15, -0.1) is 0 Å². The van der Waals surface area contributed by atoms with Gasteiger partial charge in [0.15, 0.2) is 6.61 Å². The zero-order valence-electron chi connectivity index (χ0n) is 16.6. The number of benzene rings is 2. The zero-order chi connectivity index (χ0) is 20.6. The quantitative estimate of drug-likeness (QED) is 0.738. The average Bonchev–Trinajstić information content (AvgIpc) is 3.24. The number of hydrogen-bond acceptors (Lipinski definition) is 3. The van der Waals surface area contributed by atoms with Crippen LogP contribution in [0.15, 0.2) is 54.6 Å². The van der Waals surface area contributed by atoms with Gasteiger partial charge in [0.05, 0.1) is 0 Å². The number of halogens is 1. The summed E-state index contributed by atoms with van der Waals surface area (Å²) < 4.78 is 18.6. The summed E-state index contributed by atoms with van der Waals surface area (Å²) in [7, 11) is 0. The third-order valence-electron chi connectivity index (χ3n) is 5.24. The Morgan fingerprint density at radius 2 is 1.76 bits per heavy atom. The standard InChI is InChI=1S/C23H27FN2O3/c1-17(23(28)25-20-9-5-6-10-20)26(15-18-7-3-2-4-8-18)22(27)16-29-21-13-11-19(24)12-14-21/h2-4,7-8,11-14,17,20H,5-6,9-10,15-16H2,1H3,(H,25,28)/t17-/m1/s1. The summed E-state index contributed by atoms with van der Waals surface area (Å²) in [6, 6.07) is 14.6. The lowest BCUT2D eigenvalue weighted by molar-refractivity contribution is -0.142. The SMILES string of the molecule is C[C@H](C(=O)NC1CCCC1)N(Cc1ccccc1)C(=O)COc1ccc(F)cc1. The summed E-state index contributed by atoms with van der Waals surface area (Å²) in [5, 5.41) is 3.06. The van der Waals surface area contributed by atoms with Crippen molar-refractivity contribution in [1.82, 2.24) is 10.2 Å². The number of ether oxygens (including phenoxy) is 1. The first-order valence-corrected chi connectivity index (χ1v) is 10.0. The summed E-state index contributed by atoms with van der Waals surface area (Å²) in [4.78, 5) is 27.2. The predicted molar refractivity (Wildman–Crippen MR) is 109 cm³/mol. The number of carbonyl (C=O) groups is 2. The highest BCUT2D eigenvalue weighted by molar-refractivity contribution is 5.88. The lowest BCUT2D eigenvalue weighted by Crippen LogP contribution is -2.50. The molecule has 0 saturated heterocycles. The van der Waals surface area contributed by atoms with Crippen LogP contribution in [0.3, 0.4) is 0 Å². The number of nitrogens with zero attached hydrogens (tertiary/aromatic N) is 1. The summed E-state index contributed by atoms with van der Waals surface area (Å²) in [6.07, 6.45) is 4.21. The number of amides is 2. The largest absolute Gasteiger partial charge is 0.484 e. The maximum absolute atomic E-state index is 13.0. The van der Waals surface area contributed by atoms with Crippen molar-refractivity contribution in [1.29, 1.82) is 0 Å². The molecule has 0 aliphatic heterocycles. The van der Waals surface area contributed by atoms with Crippen molar-refractivity contribution in [2.24, 2.45) is 0 Å². The molecule has 29 heavy (non-hydrogen) atoms. The van der Waals surface area contributed by atoms with Crippen LogP contribution in [0.2, 0.25) is 0 Å². The molecule has 1 atom stereocenters. The highest BCUT2D eigenvalue weighted by Gasteiger charge is 2.28. The molecule has 1 saturated carbocycles. The van der Waals surface area contributed by atoms with Crippen molar-refractivity contribution in [3.05, 3.63) is 66.0 Å². The first-order valence-electron chi connectivity index (χ1n) is 10.0. The van der Waals surface area contributed by atoms with E-state index in [1.165, 1.54) is 29.2 Å². The van der Waals surface area contributed by atoms with Crippen LogP contribution < -0.4 is 10.1 Å². The van der Waals surface area contributed by atoms with Crippen LogP contribution in [0, 0.1) is 5.82 Å². The zero-order valence-corrected chi connectivity index (χ0v) is 16.6. The second kappa shape index (κ2) is 10.0. The van der Waals surface area contributed by atoms with Crippen LogP contribution in [0.25, 0.3) is 0 Å². The van der Waals surface area contributed by atoms with E-state index in [1.54, 1.807) is 6.92 Å². The maximum atomic E-state index is 13.0. The highest BCUT2D eigenvalue weighted by Crippen LogP contribution is 2.19. The minimum atomic E-state index is -0.625. The Morgan fingerprint density at radius 3 is 2.41 bits per heavy atom. The van der Waals surface area contributed by atoms with Crippen molar-refractivity contribution in [2.45, 2.75) is 51.2 Å². The van der Waals surface area contributed by atoms with E-state index in [4.69, 9.17) is 4.74 Å². The fraction of sp³-hybridized carbons (Fsp3) is 0.391. The van der Waals surface area contributed by atoms with Gasteiger partial charge in [-0.3, -0.25) is 9.59 Å². The van der Waals surface area contributed by atoms with E-state index in [0.29, 0.717) is 12.3 Å². The Balaban J connectivity index is 1.67. The molecule has 0 spiro atoms. The molecule has 2 amide bonds. The summed E-state index contributed by atoms with van der Waals surface area (Å²) in [6.45, 7) is 1.83. The second-order valence-corrected chi connectivity index (χ2v) is 7.42. The number of hydrogen-bond donors (Lipinski definition) is 1. The van der Waals surface area contributed by atoms with Crippen LogP contribution in [0.4, 0.5) is 4.39 Å². The van der Waals surface area contributed by atoms with E-state index in [0.717, 1.165) is 31.2 Å². The topological polar surface area (TPSA) is 58.6 Å². The number of nitrogens with one attached hydrogen (secondary N) is 1. The molecule has 0 aromatic heterocycles. The molecular formula is C23H27FN2O3. The molecule has 0 unspecified atom stereocenters. The Labute approximate surface area is 170 Å². The molecule has 1 N–H and O–H groups in total. The van der Waals surface area contributed by atoms with Crippen molar-refractivity contribution >= 4 is 11.8 Å². The summed E-state index contributed by atoms with van der Waals surface area (Å²) in [5.74, 6) is -0.413. The van der Waals surface area contributed by atoms with E-state index in [9.17, 15) is 14.0 Å². The predicted octanol–water partition coefficient (Wildman–Crippen LogP) is 3.68. The third-order valence-corrected chi connectivity index (χ3v) is 5.24. The highest BCUT2D eigenvalue weighted by atomic mass is 19.1. The number of carbonyl (C=O) groups excluding carboxylic acids is 2. The minimum Gasteiger partial charge on any atom is -0.484 e. The molecule has 1 fully saturated rings. The monoisotopic (exact) mass is 398 g/mol. The van der Waals surface area contributed by atoms with Gasteiger partial charge in [-0.05, 0) is 49.6 Å². The molecule has 1 aliphatic rings. The van der Waals surface area contributed by atoms with E-state index in [1.807, 2.05) is 30.3 Å². The lowest BCUT2D eigenvalue weighted by Gasteiger charge is -2.29. The van der Waals surface area contributed by atoms with Crippen LogP contribution in [0.1, 0.15) is 38.2 Å². The molecule has 6 heteroatoms. The Kier molecular flexibility index (Phi) is 7.22. The average molecular weight is 398 g/mol. The van der Waals surface area contributed by atoms with Gasteiger partial charge in [0, 0.05) is 12.6 Å². The summed E-state index contributed by atoms with van der Waals surface area (Å²) >= 11 is 0. The molecule has 0 heterocycles. The molecule has 0 bridgehead atoms. The van der Waals surface area contributed by atoms with Gasteiger partial charge in [-0.1, -0.05) is 43.2 Å². The Morgan fingerprint density at radius 1 is 1.10 bits per heavy atom. The molecule has 0 radical (unpaired) electrons. The maximum Gasteiger partial charge on any atom is 0.261 e. The van der Waals surface area contributed by atoms with Crippen molar-refractivity contribution in [3.8, 4) is 5.75 Å². The van der Waals surface area contributed by atoms with Gasteiger partial charge in [0.2, 0.25) is 5.91 Å². The lowest BCUT2D eigenvalue weighted by atomic mass is 10.1. The van der Waals surface area contributed by atoms with E-state index in [2.05, 4.69) is 5.32 Å². The van der Waals surface area contributed by atoms with Gasteiger partial charge in [-0.2, -0.15) is 0 Å². The Bertz CT molecular complexity index is 805. The van der Waals surface area contributed by atoms with Gasteiger partial charge in [0.1, 0.15) is 17.6 Å². The van der Waals surface area contributed by atoms with E-state index < -0.39 is 6.04 Å². The summed E-state index contributed by atoms with van der Waals surface area (Å²) in [5.41, 5.74) is 0.933. The van der Waals surface area contributed by atoms with E-state index >= 15 is 0 Å². The molecule has 3 rings (SSSR count). The van der Waals surface area contributed by atoms with Crippen LogP contribution in [-0.2, 0) is 16.1 Å². The molecule has 2 aromatic rings. The van der Waals surface area contributed by atoms with Gasteiger partial charge >= 0.3 is 0 Å². The van der Waals surface area contributed by atoms with Crippen LogP contribution in [-0.4, -0.2) is 35.4 Å².